The van der Waals surface area contributed by atoms with Gasteiger partial charge in [0.05, 0.1) is 11.9 Å². The van der Waals surface area contributed by atoms with Gasteiger partial charge in [-0.1, -0.05) is 41.6 Å². The molecule has 0 aliphatic rings. The highest BCUT2D eigenvalue weighted by Crippen LogP contribution is 2.18. The average Bonchev–Trinajstić information content (AvgIpc) is 2.83. The van der Waals surface area contributed by atoms with Crippen molar-refractivity contribution in [3.05, 3.63) is 89.2 Å². The molecule has 166 valence electrons. The Labute approximate surface area is 189 Å². The SMILES string of the molecule is O=C(CCn1nnc2ccccc2c1=O)Nc1cccc(OCC(=O)Nc2ccccc2)c1. The van der Waals surface area contributed by atoms with Gasteiger partial charge in [0.15, 0.2) is 6.61 Å². The minimum Gasteiger partial charge on any atom is -0.484 e. The number of ether oxygens (including phenoxy) is 1. The van der Waals surface area contributed by atoms with Gasteiger partial charge in [0, 0.05) is 23.9 Å². The average molecular weight is 443 g/mol. The number of benzene rings is 3. The Kier molecular flexibility index (Phi) is 6.70. The summed E-state index contributed by atoms with van der Waals surface area (Å²) < 4.78 is 6.69. The van der Waals surface area contributed by atoms with Crippen LogP contribution in [0.15, 0.2) is 83.7 Å². The zero-order chi connectivity index (χ0) is 23.0. The van der Waals surface area contributed by atoms with Crippen LogP contribution in [-0.2, 0) is 16.1 Å². The number of aromatic nitrogens is 3. The molecule has 0 aliphatic carbocycles. The Balaban J connectivity index is 1.30. The normalized spacial score (nSPS) is 10.5. The van der Waals surface area contributed by atoms with E-state index >= 15 is 0 Å². The molecule has 2 N–H and O–H groups in total. The molecule has 4 rings (SSSR count). The maximum atomic E-state index is 12.5. The first-order chi connectivity index (χ1) is 16.1. The molecule has 0 saturated heterocycles. The van der Waals surface area contributed by atoms with Crippen molar-refractivity contribution < 1.29 is 14.3 Å². The second kappa shape index (κ2) is 10.2. The summed E-state index contributed by atoms with van der Waals surface area (Å²) in [5.41, 5.74) is 1.41. The number of nitrogens with zero attached hydrogens (tertiary/aromatic N) is 3. The number of amides is 2. The molecule has 2 amide bonds. The minimum atomic E-state index is -0.296. The van der Waals surface area contributed by atoms with E-state index < -0.39 is 0 Å². The van der Waals surface area contributed by atoms with Crippen LogP contribution in [0.25, 0.3) is 10.9 Å². The fourth-order valence-electron chi connectivity index (χ4n) is 3.13. The third-order valence-corrected chi connectivity index (χ3v) is 4.73. The molecule has 4 aromatic rings. The van der Waals surface area contributed by atoms with Crippen LogP contribution in [0.5, 0.6) is 5.75 Å². The van der Waals surface area contributed by atoms with Gasteiger partial charge in [-0.3, -0.25) is 14.4 Å². The predicted molar refractivity (Wildman–Crippen MR) is 124 cm³/mol. The maximum absolute atomic E-state index is 12.5. The van der Waals surface area contributed by atoms with Gasteiger partial charge >= 0.3 is 0 Å². The molecule has 0 radical (unpaired) electrons. The Morgan fingerprint density at radius 3 is 2.42 bits per heavy atom. The van der Waals surface area contributed by atoms with E-state index in [9.17, 15) is 14.4 Å². The number of rotatable bonds is 8. The van der Waals surface area contributed by atoms with Crippen molar-refractivity contribution in [2.24, 2.45) is 0 Å². The fourth-order valence-corrected chi connectivity index (χ4v) is 3.13. The number of aryl methyl sites for hydroxylation is 1. The summed E-state index contributed by atoms with van der Waals surface area (Å²) in [6.07, 6.45) is 0.0392. The van der Waals surface area contributed by atoms with Gasteiger partial charge in [0.1, 0.15) is 11.3 Å². The molecular weight excluding hydrogens is 422 g/mol. The number of hydrogen-bond donors (Lipinski definition) is 2. The summed E-state index contributed by atoms with van der Waals surface area (Å²) >= 11 is 0. The maximum Gasteiger partial charge on any atom is 0.277 e. The number of para-hydroxylation sites is 1. The zero-order valence-electron chi connectivity index (χ0n) is 17.6. The van der Waals surface area contributed by atoms with Gasteiger partial charge in [0.2, 0.25) is 5.91 Å². The highest BCUT2D eigenvalue weighted by molar-refractivity contribution is 5.92. The molecule has 0 unspecified atom stereocenters. The van der Waals surface area contributed by atoms with E-state index in [0.717, 1.165) is 0 Å². The van der Waals surface area contributed by atoms with Crippen LogP contribution >= 0.6 is 0 Å². The van der Waals surface area contributed by atoms with Crippen molar-refractivity contribution in [3.63, 3.8) is 0 Å². The van der Waals surface area contributed by atoms with E-state index in [0.29, 0.717) is 28.0 Å². The van der Waals surface area contributed by atoms with Gasteiger partial charge in [-0.05, 0) is 36.4 Å². The highest BCUT2D eigenvalue weighted by atomic mass is 16.5. The monoisotopic (exact) mass is 443 g/mol. The molecule has 1 aromatic heterocycles. The summed E-state index contributed by atoms with van der Waals surface area (Å²) in [5, 5.41) is 13.8. The quantitative estimate of drug-likeness (QED) is 0.433. The number of fused-ring (bicyclic) bond motifs is 1. The summed E-state index contributed by atoms with van der Waals surface area (Å²) in [6, 6.07) is 22.7. The van der Waals surface area contributed by atoms with Gasteiger partial charge in [0.25, 0.3) is 11.5 Å². The molecule has 33 heavy (non-hydrogen) atoms. The lowest BCUT2D eigenvalue weighted by Crippen LogP contribution is -2.26. The van der Waals surface area contributed by atoms with Crippen LogP contribution in [0.2, 0.25) is 0 Å². The first-order valence-electron chi connectivity index (χ1n) is 10.3. The van der Waals surface area contributed by atoms with Crippen LogP contribution in [0.4, 0.5) is 11.4 Å². The molecule has 9 nitrogen and oxygen atoms in total. The molecule has 3 aromatic carbocycles. The standard InChI is InChI=1S/C24H21N5O4/c30-22(13-14-29-24(32)20-11-4-5-12-21(20)27-28-29)26-18-9-6-10-19(15-18)33-16-23(31)25-17-7-2-1-3-8-17/h1-12,15H,13-14,16H2,(H,25,31)(H,26,30). The molecule has 0 fully saturated rings. The lowest BCUT2D eigenvalue weighted by Gasteiger charge is -2.10. The summed E-state index contributed by atoms with van der Waals surface area (Å²) in [5.74, 6) is -0.152. The lowest BCUT2D eigenvalue weighted by atomic mass is 10.2. The van der Waals surface area contributed by atoms with E-state index in [1.807, 2.05) is 18.2 Å². The van der Waals surface area contributed by atoms with Gasteiger partial charge in [-0.2, -0.15) is 0 Å². The number of carbonyl (C=O) groups is 2. The van der Waals surface area contributed by atoms with E-state index in [4.69, 9.17) is 4.74 Å². The van der Waals surface area contributed by atoms with Gasteiger partial charge < -0.3 is 15.4 Å². The summed E-state index contributed by atoms with van der Waals surface area (Å²) in [4.78, 5) is 36.9. The van der Waals surface area contributed by atoms with Crippen molar-refractivity contribution in [2.75, 3.05) is 17.2 Å². The van der Waals surface area contributed by atoms with E-state index in [2.05, 4.69) is 20.9 Å². The van der Waals surface area contributed by atoms with Gasteiger partial charge in [-0.25, -0.2) is 4.68 Å². The van der Waals surface area contributed by atoms with Crippen LogP contribution in [0, 0.1) is 0 Å². The van der Waals surface area contributed by atoms with Crippen LogP contribution < -0.4 is 20.9 Å². The Morgan fingerprint density at radius 2 is 1.58 bits per heavy atom. The van der Waals surface area contributed by atoms with Gasteiger partial charge in [-0.15, -0.1) is 5.10 Å². The van der Waals surface area contributed by atoms with E-state index in [1.165, 1.54) is 4.68 Å². The number of nitrogens with one attached hydrogen (secondary N) is 2. The van der Waals surface area contributed by atoms with E-state index in [-0.39, 0.29) is 36.9 Å². The number of anilines is 2. The Morgan fingerprint density at radius 1 is 0.848 bits per heavy atom. The number of carbonyl (C=O) groups excluding carboxylic acids is 2. The zero-order valence-corrected chi connectivity index (χ0v) is 17.6. The van der Waals surface area contributed by atoms with Crippen molar-refractivity contribution in [2.45, 2.75) is 13.0 Å². The molecular formula is C24H21N5O4. The summed E-state index contributed by atoms with van der Waals surface area (Å²) in [6.45, 7) is -0.0752. The van der Waals surface area contributed by atoms with Crippen molar-refractivity contribution in [3.8, 4) is 5.75 Å². The third kappa shape index (κ3) is 5.79. The van der Waals surface area contributed by atoms with Crippen molar-refractivity contribution in [1.82, 2.24) is 15.0 Å². The highest BCUT2D eigenvalue weighted by Gasteiger charge is 2.09. The Bertz CT molecular complexity index is 1340. The first kappa shape index (κ1) is 21.7. The Hall–Kier alpha value is -4.53. The largest absolute Gasteiger partial charge is 0.484 e. The second-order valence-electron chi connectivity index (χ2n) is 7.16. The number of hydrogen-bond acceptors (Lipinski definition) is 6. The molecule has 9 heteroatoms. The van der Waals surface area contributed by atoms with Crippen molar-refractivity contribution >= 4 is 34.1 Å². The van der Waals surface area contributed by atoms with E-state index in [1.54, 1.807) is 60.7 Å². The third-order valence-electron chi connectivity index (χ3n) is 4.73. The molecule has 0 spiro atoms. The van der Waals surface area contributed by atoms with Crippen molar-refractivity contribution in [1.29, 1.82) is 0 Å². The first-order valence-corrected chi connectivity index (χ1v) is 10.3. The predicted octanol–water partition coefficient (Wildman–Crippen LogP) is 2.84. The fraction of sp³-hybridized carbons (Fsp3) is 0.125. The van der Waals surface area contributed by atoms with Crippen LogP contribution in [0.3, 0.4) is 0 Å². The van der Waals surface area contributed by atoms with Crippen LogP contribution in [0.1, 0.15) is 6.42 Å². The topological polar surface area (TPSA) is 115 Å². The molecule has 0 saturated carbocycles. The molecule has 0 atom stereocenters. The molecule has 0 aliphatic heterocycles. The lowest BCUT2D eigenvalue weighted by molar-refractivity contribution is -0.118. The minimum absolute atomic E-state index is 0.0392. The molecule has 1 heterocycles. The van der Waals surface area contributed by atoms with Crippen LogP contribution in [-0.4, -0.2) is 33.4 Å². The smallest absolute Gasteiger partial charge is 0.277 e. The summed E-state index contributed by atoms with van der Waals surface area (Å²) in [7, 11) is 0. The molecule has 0 bridgehead atoms. The second-order valence-corrected chi connectivity index (χ2v) is 7.16.